The number of carbonyl (C=O) groups is 1. The molecule has 1 nitrogen and oxygen atoms in total. The van der Waals surface area contributed by atoms with Crippen LogP contribution < -0.4 is 0 Å². The van der Waals surface area contributed by atoms with Crippen molar-refractivity contribution in [3.63, 3.8) is 0 Å². The summed E-state index contributed by atoms with van der Waals surface area (Å²) in [5.74, 6) is 0.982. The van der Waals surface area contributed by atoms with Crippen molar-refractivity contribution < 1.29 is 4.79 Å². The van der Waals surface area contributed by atoms with Crippen LogP contribution in [-0.4, -0.2) is 11.7 Å². The van der Waals surface area contributed by atoms with Gasteiger partial charge in [0, 0.05) is 17.4 Å². The molecule has 0 amide bonds. The van der Waals surface area contributed by atoms with Gasteiger partial charge in [-0.3, -0.25) is 4.79 Å². The van der Waals surface area contributed by atoms with E-state index >= 15 is 0 Å². The fraction of sp³-hybridized carbons (Fsp3) is 0.364. The molecule has 1 atom stereocenters. The lowest BCUT2D eigenvalue weighted by Gasteiger charge is -2.02. The molecule has 0 aliphatic heterocycles. The standard InChI is InChI=1S/C11H11ClO/c12-6-5-9-7-8-3-1-2-4-10(8)11(9)13/h1-4,9H,5-7H2. The van der Waals surface area contributed by atoms with Gasteiger partial charge in [-0.25, -0.2) is 0 Å². The molecule has 1 aromatic rings. The molecule has 1 aliphatic rings. The third-order valence-electron chi connectivity index (χ3n) is 2.58. The molecule has 0 aromatic heterocycles. The summed E-state index contributed by atoms with van der Waals surface area (Å²) < 4.78 is 0. The van der Waals surface area contributed by atoms with E-state index in [1.165, 1.54) is 5.56 Å². The van der Waals surface area contributed by atoms with E-state index in [0.29, 0.717) is 5.88 Å². The lowest BCUT2D eigenvalue weighted by Crippen LogP contribution is -2.09. The van der Waals surface area contributed by atoms with Crippen LogP contribution in [0.1, 0.15) is 22.3 Å². The maximum Gasteiger partial charge on any atom is 0.166 e. The summed E-state index contributed by atoms with van der Waals surface area (Å²) in [6.07, 6.45) is 1.68. The third-order valence-corrected chi connectivity index (χ3v) is 2.80. The van der Waals surface area contributed by atoms with Crippen LogP contribution in [0.15, 0.2) is 24.3 Å². The van der Waals surface area contributed by atoms with Gasteiger partial charge in [0.1, 0.15) is 0 Å². The zero-order valence-electron chi connectivity index (χ0n) is 7.29. The van der Waals surface area contributed by atoms with Crippen molar-refractivity contribution in [2.45, 2.75) is 12.8 Å². The van der Waals surface area contributed by atoms with Gasteiger partial charge in [-0.1, -0.05) is 24.3 Å². The van der Waals surface area contributed by atoms with Gasteiger partial charge in [-0.05, 0) is 18.4 Å². The smallest absolute Gasteiger partial charge is 0.166 e. The van der Waals surface area contributed by atoms with Crippen LogP contribution in [0.25, 0.3) is 0 Å². The largest absolute Gasteiger partial charge is 0.294 e. The van der Waals surface area contributed by atoms with Gasteiger partial charge in [-0.15, -0.1) is 11.6 Å². The van der Waals surface area contributed by atoms with Crippen molar-refractivity contribution >= 4 is 17.4 Å². The predicted molar refractivity (Wildman–Crippen MR) is 53.3 cm³/mol. The van der Waals surface area contributed by atoms with Gasteiger partial charge in [0.05, 0.1) is 0 Å². The van der Waals surface area contributed by atoms with E-state index in [2.05, 4.69) is 0 Å². The van der Waals surface area contributed by atoms with Crippen molar-refractivity contribution in [1.29, 1.82) is 0 Å². The highest BCUT2D eigenvalue weighted by Gasteiger charge is 2.28. The number of carbonyl (C=O) groups excluding carboxylic acids is 1. The minimum atomic E-state index is 0.134. The highest BCUT2D eigenvalue weighted by atomic mass is 35.5. The Kier molecular flexibility index (Phi) is 2.36. The van der Waals surface area contributed by atoms with E-state index in [1.54, 1.807) is 0 Å². The number of rotatable bonds is 2. The lowest BCUT2D eigenvalue weighted by molar-refractivity contribution is 0.0934. The minimum Gasteiger partial charge on any atom is -0.294 e. The topological polar surface area (TPSA) is 17.1 Å². The molecule has 2 heteroatoms. The van der Waals surface area contributed by atoms with Gasteiger partial charge < -0.3 is 0 Å². The van der Waals surface area contributed by atoms with E-state index in [1.807, 2.05) is 24.3 Å². The maximum atomic E-state index is 11.7. The average molecular weight is 195 g/mol. The van der Waals surface area contributed by atoms with Gasteiger partial charge in [0.15, 0.2) is 5.78 Å². The first-order chi connectivity index (χ1) is 6.33. The highest BCUT2D eigenvalue weighted by Crippen LogP contribution is 2.28. The fourth-order valence-corrected chi connectivity index (χ4v) is 2.15. The number of Topliss-reactive ketones (excluding diaryl/α,β-unsaturated/α-hetero) is 1. The van der Waals surface area contributed by atoms with Crippen molar-refractivity contribution in [3.8, 4) is 0 Å². The molecule has 0 radical (unpaired) electrons. The first-order valence-electron chi connectivity index (χ1n) is 4.51. The van der Waals surface area contributed by atoms with Crippen LogP contribution in [0.4, 0.5) is 0 Å². The second-order valence-electron chi connectivity index (χ2n) is 3.40. The number of alkyl halides is 1. The Morgan fingerprint density at radius 2 is 2.15 bits per heavy atom. The average Bonchev–Trinajstić information content (AvgIpc) is 2.46. The van der Waals surface area contributed by atoms with E-state index in [-0.39, 0.29) is 11.7 Å². The molecule has 0 saturated carbocycles. The van der Waals surface area contributed by atoms with Crippen LogP contribution in [0.2, 0.25) is 0 Å². The van der Waals surface area contributed by atoms with E-state index < -0.39 is 0 Å². The molecule has 0 bridgehead atoms. The Balaban J connectivity index is 2.28. The zero-order chi connectivity index (χ0) is 9.26. The Bertz CT molecular complexity index is 333. The summed E-state index contributed by atoms with van der Waals surface area (Å²) in [6.45, 7) is 0. The van der Waals surface area contributed by atoms with Gasteiger partial charge in [0.2, 0.25) is 0 Å². The molecule has 1 aliphatic carbocycles. The number of halogens is 1. The monoisotopic (exact) mass is 194 g/mol. The Morgan fingerprint density at radius 1 is 1.38 bits per heavy atom. The normalized spacial score (nSPS) is 20.4. The van der Waals surface area contributed by atoms with Gasteiger partial charge >= 0.3 is 0 Å². The quantitative estimate of drug-likeness (QED) is 0.662. The van der Waals surface area contributed by atoms with E-state index in [4.69, 9.17) is 11.6 Å². The molecule has 1 unspecified atom stereocenters. The molecule has 0 saturated heterocycles. The van der Waals surface area contributed by atoms with Crippen molar-refractivity contribution in [1.82, 2.24) is 0 Å². The van der Waals surface area contributed by atoms with Crippen molar-refractivity contribution in [2.24, 2.45) is 5.92 Å². The Hall–Kier alpha value is -0.820. The number of fused-ring (bicyclic) bond motifs is 1. The molecule has 0 fully saturated rings. The fourth-order valence-electron chi connectivity index (χ4n) is 1.88. The zero-order valence-corrected chi connectivity index (χ0v) is 8.05. The Morgan fingerprint density at radius 3 is 2.85 bits per heavy atom. The highest BCUT2D eigenvalue weighted by molar-refractivity contribution is 6.18. The molecular weight excluding hydrogens is 184 g/mol. The predicted octanol–water partition coefficient (Wildman–Crippen LogP) is 2.67. The molecule has 1 aromatic carbocycles. The first-order valence-corrected chi connectivity index (χ1v) is 5.04. The van der Waals surface area contributed by atoms with Crippen LogP contribution in [-0.2, 0) is 6.42 Å². The van der Waals surface area contributed by atoms with Crippen LogP contribution in [0.5, 0.6) is 0 Å². The van der Waals surface area contributed by atoms with Crippen molar-refractivity contribution in [2.75, 3.05) is 5.88 Å². The summed E-state index contributed by atoms with van der Waals surface area (Å²) in [7, 11) is 0. The molecular formula is C11H11ClO. The van der Waals surface area contributed by atoms with Gasteiger partial charge in [0.25, 0.3) is 0 Å². The maximum absolute atomic E-state index is 11.7. The third kappa shape index (κ3) is 1.49. The summed E-state index contributed by atoms with van der Waals surface area (Å²) >= 11 is 5.64. The van der Waals surface area contributed by atoms with Crippen LogP contribution in [0, 0.1) is 5.92 Å². The van der Waals surface area contributed by atoms with E-state index in [0.717, 1.165) is 18.4 Å². The second-order valence-corrected chi connectivity index (χ2v) is 3.78. The summed E-state index contributed by atoms with van der Waals surface area (Å²) in [6, 6.07) is 7.84. The molecule has 68 valence electrons. The minimum absolute atomic E-state index is 0.134. The number of benzene rings is 1. The molecule has 0 N–H and O–H groups in total. The molecule has 0 heterocycles. The van der Waals surface area contributed by atoms with Crippen LogP contribution in [0.3, 0.4) is 0 Å². The van der Waals surface area contributed by atoms with E-state index in [9.17, 15) is 4.79 Å². The number of hydrogen-bond donors (Lipinski definition) is 0. The lowest BCUT2D eigenvalue weighted by atomic mass is 10.0. The Labute approximate surface area is 82.7 Å². The summed E-state index contributed by atoms with van der Waals surface area (Å²) in [5, 5.41) is 0. The SMILES string of the molecule is O=C1c2ccccc2CC1CCCl. The summed E-state index contributed by atoms with van der Waals surface area (Å²) in [4.78, 5) is 11.7. The van der Waals surface area contributed by atoms with Crippen LogP contribution >= 0.6 is 11.6 Å². The number of hydrogen-bond acceptors (Lipinski definition) is 1. The van der Waals surface area contributed by atoms with Crippen molar-refractivity contribution in [3.05, 3.63) is 35.4 Å². The summed E-state index contributed by atoms with van der Waals surface area (Å²) in [5.41, 5.74) is 2.08. The second kappa shape index (κ2) is 3.51. The molecule has 13 heavy (non-hydrogen) atoms. The molecule has 2 rings (SSSR count). The van der Waals surface area contributed by atoms with Gasteiger partial charge in [-0.2, -0.15) is 0 Å². The molecule has 0 spiro atoms. The number of ketones is 1. The first kappa shape index (κ1) is 8.76.